The number of hydrogen-bond donors (Lipinski definition) is 4. The number of nitrogens with zero attached hydrogens (tertiary/aromatic N) is 1. The molecule has 30 heavy (non-hydrogen) atoms. The molecule has 0 aliphatic carbocycles. The molecule has 0 spiro atoms. The number of rotatable bonds is 6. The zero-order valence-corrected chi connectivity index (χ0v) is 16.8. The molecule has 0 unspecified atom stereocenters. The van der Waals surface area contributed by atoms with E-state index in [1.807, 2.05) is 0 Å². The van der Waals surface area contributed by atoms with E-state index in [2.05, 4.69) is 20.2 Å². The SMILES string of the molecule is O=C(Nc1ccc2[nH]nc(C(=O)O)c2c1)c1ccc(NS(=O)(=O)c2cccs2)cc1. The number of sulfonamides is 1. The monoisotopic (exact) mass is 442 g/mol. The van der Waals surface area contributed by atoms with Gasteiger partial charge in [-0.25, -0.2) is 13.2 Å². The summed E-state index contributed by atoms with van der Waals surface area (Å²) in [7, 11) is -3.67. The lowest BCUT2D eigenvalue weighted by molar-refractivity contribution is 0.0692. The number of amides is 1. The van der Waals surface area contributed by atoms with E-state index < -0.39 is 21.9 Å². The van der Waals surface area contributed by atoms with Crippen LogP contribution in [0.25, 0.3) is 10.9 Å². The van der Waals surface area contributed by atoms with Crippen LogP contribution in [0.15, 0.2) is 64.2 Å². The first kappa shape index (κ1) is 19.6. The highest BCUT2D eigenvalue weighted by molar-refractivity contribution is 7.94. The molecule has 4 rings (SSSR count). The predicted octanol–water partition coefficient (Wildman–Crippen LogP) is 3.38. The Labute approximate surface area is 174 Å². The minimum atomic E-state index is -3.67. The van der Waals surface area contributed by atoms with Gasteiger partial charge < -0.3 is 10.4 Å². The number of hydrogen-bond acceptors (Lipinski definition) is 6. The van der Waals surface area contributed by atoms with Gasteiger partial charge in [-0.2, -0.15) is 5.10 Å². The molecule has 4 aromatic rings. The van der Waals surface area contributed by atoms with Gasteiger partial charge in [0.1, 0.15) is 4.21 Å². The number of carboxylic acid groups (broad SMARTS) is 1. The Morgan fingerprint density at radius 2 is 1.77 bits per heavy atom. The molecule has 1 amide bonds. The topological polar surface area (TPSA) is 141 Å². The summed E-state index contributed by atoms with van der Waals surface area (Å²) in [4.78, 5) is 23.7. The zero-order chi connectivity index (χ0) is 21.3. The van der Waals surface area contributed by atoms with E-state index in [-0.39, 0.29) is 9.90 Å². The van der Waals surface area contributed by atoms with E-state index in [9.17, 15) is 23.1 Å². The fourth-order valence-electron chi connectivity index (χ4n) is 2.77. The molecule has 0 atom stereocenters. The highest BCUT2D eigenvalue weighted by atomic mass is 32.2. The fraction of sp³-hybridized carbons (Fsp3) is 0. The average Bonchev–Trinajstić information content (AvgIpc) is 3.38. The number of aromatic carboxylic acids is 1. The fourth-order valence-corrected chi connectivity index (χ4v) is 4.82. The van der Waals surface area contributed by atoms with Crippen molar-refractivity contribution in [1.29, 1.82) is 0 Å². The van der Waals surface area contributed by atoms with Crippen LogP contribution in [0.2, 0.25) is 0 Å². The maximum atomic E-state index is 12.5. The first-order valence-corrected chi connectivity index (χ1v) is 10.9. The van der Waals surface area contributed by atoms with Crippen LogP contribution in [0.5, 0.6) is 0 Å². The van der Waals surface area contributed by atoms with E-state index in [1.54, 1.807) is 23.6 Å². The number of benzene rings is 2. The Balaban J connectivity index is 1.50. The van der Waals surface area contributed by atoms with Gasteiger partial charge in [0, 0.05) is 22.3 Å². The number of aromatic nitrogens is 2. The third kappa shape index (κ3) is 3.88. The van der Waals surface area contributed by atoms with Crippen LogP contribution in [0.4, 0.5) is 11.4 Å². The molecule has 0 fully saturated rings. The van der Waals surface area contributed by atoms with Gasteiger partial charge in [0.05, 0.1) is 5.52 Å². The molecular formula is C19H14N4O5S2. The lowest BCUT2D eigenvalue weighted by Gasteiger charge is -2.08. The van der Waals surface area contributed by atoms with Crippen molar-refractivity contribution in [2.75, 3.05) is 10.0 Å². The van der Waals surface area contributed by atoms with Crippen molar-refractivity contribution in [3.05, 3.63) is 71.2 Å². The predicted molar refractivity (Wildman–Crippen MR) is 113 cm³/mol. The molecule has 4 N–H and O–H groups in total. The normalized spacial score (nSPS) is 11.3. The van der Waals surface area contributed by atoms with Gasteiger partial charge in [-0.05, 0) is 53.9 Å². The number of anilines is 2. The van der Waals surface area contributed by atoms with Crippen LogP contribution >= 0.6 is 11.3 Å². The minimum Gasteiger partial charge on any atom is -0.476 e. The third-order valence-corrected chi connectivity index (χ3v) is 6.96. The number of nitrogens with one attached hydrogen (secondary N) is 3. The van der Waals surface area contributed by atoms with Crippen molar-refractivity contribution in [1.82, 2.24) is 10.2 Å². The molecule has 0 bridgehead atoms. The van der Waals surface area contributed by atoms with Gasteiger partial charge in [0.15, 0.2) is 5.69 Å². The maximum absolute atomic E-state index is 12.5. The van der Waals surface area contributed by atoms with E-state index in [1.165, 1.54) is 36.4 Å². The molecule has 11 heteroatoms. The number of carbonyl (C=O) groups excluding carboxylic acids is 1. The van der Waals surface area contributed by atoms with Gasteiger partial charge >= 0.3 is 5.97 Å². The van der Waals surface area contributed by atoms with Crippen molar-refractivity contribution in [3.8, 4) is 0 Å². The molecule has 0 aliphatic rings. The lowest BCUT2D eigenvalue weighted by atomic mass is 10.1. The summed E-state index contributed by atoms with van der Waals surface area (Å²) in [6.07, 6.45) is 0. The number of carboxylic acids is 1. The summed E-state index contributed by atoms with van der Waals surface area (Å²) in [6, 6.07) is 13.9. The van der Waals surface area contributed by atoms with Crippen LogP contribution in [-0.2, 0) is 10.0 Å². The van der Waals surface area contributed by atoms with Crippen LogP contribution in [0, 0.1) is 0 Å². The molecule has 0 saturated carbocycles. The molecule has 9 nitrogen and oxygen atoms in total. The molecule has 2 aromatic carbocycles. The van der Waals surface area contributed by atoms with Gasteiger partial charge in [-0.15, -0.1) is 11.3 Å². The quantitative estimate of drug-likeness (QED) is 0.361. The van der Waals surface area contributed by atoms with Crippen LogP contribution in [0.3, 0.4) is 0 Å². The van der Waals surface area contributed by atoms with Crippen molar-refractivity contribution >= 4 is 55.5 Å². The van der Waals surface area contributed by atoms with Gasteiger partial charge in [-0.3, -0.25) is 14.6 Å². The number of fused-ring (bicyclic) bond motifs is 1. The summed E-state index contributed by atoms with van der Waals surface area (Å²) < 4.78 is 27.2. The number of aromatic amines is 1. The third-order valence-electron chi connectivity index (χ3n) is 4.18. The van der Waals surface area contributed by atoms with Gasteiger partial charge in [0.25, 0.3) is 15.9 Å². The zero-order valence-electron chi connectivity index (χ0n) is 15.1. The Hall–Kier alpha value is -3.70. The van der Waals surface area contributed by atoms with Crippen molar-refractivity contribution < 1.29 is 23.1 Å². The van der Waals surface area contributed by atoms with E-state index in [0.717, 1.165) is 11.3 Å². The molecule has 0 aliphatic heterocycles. The summed E-state index contributed by atoms with van der Waals surface area (Å²) >= 11 is 1.10. The number of carbonyl (C=O) groups is 2. The second-order valence-corrected chi connectivity index (χ2v) is 9.06. The van der Waals surface area contributed by atoms with E-state index >= 15 is 0 Å². The highest BCUT2D eigenvalue weighted by Crippen LogP contribution is 2.23. The first-order chi connectivity index (χ1) is 14.3. The molecule has 0 saturated heterocycles. The van der Waals surface area contributed by atoms with E-state index in [0.29, 0.717) is 27.8 Å². The molecule has 0 radical (unpaired) electrons. The Kier molecular flexibility index (Phi) is 4.98. The van der Waals surface area contributed by atoms with Crippen LogP contribution < -0.4 is 10.0 Å². The first-order valence-electron chi connectivity index (χ1n) is 8.53. The maximum Gasteiger partial charge on any atom is 0.357 e. The van der Waals surface area contributed by atoms with Crippen molar-refractivity contribution in [2.45, 2.75) is 4.21 Å². The molecule has 152 valence electrons. The second kappa shape index (κ2) is 7.61. The smallest absolute Gasteiger partial charge is 0.357 e. The summed E-state index contributed by atoms with van der Waals surface area (Å²) in [5.74, 6) is -1.60. The Morgan fingerprint density at radius 3 is 2.43 bits per heavy atom. The lowest BCUT2D eigenvalue weighted by Crippen LogP contribution is -2.13. The van der Waals surface area contributed by atoms with Crippen LogP contribution in [0.1, 0.15) is 20.8 Å². The van der Waals surface area contributed by atoms with Crippen LogP contribution in [-0.4, -0.2) is 35.6 Å². The van der Waals surface area contributed by atoms with E-state index in [4.69, 9.17) is 0 Å². The summed E-state index contributed by atoms with van der Waals surface area (Å²) in [5.41, 5.74) is 1.43. The summed E-state index contributed by atoms with van der Waals surface area (Å²) in [6.45, 7) is 0. The summed E-state index contributed by atoms with van der Waals surface area (Å²) in [5, 5.41) is 20.3. The standard InChI is InChI=1S/C19H14N4O5S2/c24-18(20-13-7-8-15-14(10-13)17(19(25)26)22-21-15)11-3-5-12(6-4-11)23-30(27,28)16-2-1-9-29-16/h1-10,23H,(H,20,24)(H,21,22)(H,25,26). The molecular weight excluding hydrogens is 428 g/mol. The second-order valence-electron chi connectivity index (χ2n) is 6.21. The Bertz CT molecular complexity index is 1340. The Morgan fingerprint density at radius 1 is 1.03 bits per heavy atom. The largest absolute Gasteiger partial charge is 0.476 e. The average molecular weight is 442 g/mol. The minimum absolute atomic E-state index is 0.136. The highest BCUT2D eigenvalue weighted by Gasteiger charge is 2.16. The number of H-pyrrole nitrogens is 1. The van der Waals surface area contributed by atoms with Crippen molar-refractivity contribution in [3.63, 3.8) is 0 Å². The van der Waals surface area contributed by atoms with Gasteiger partial charge in [0.2, 0.25) is 0 Å². The number of thiophene rings is 1. The molecule has 2 aromatic heterocycles. The van der Waals surface area contributed by atoms with Crippen molar-refractivity contribution in [2.24, 2.45) is 0 Å². The molecule has 2 heterocycles. The van der Waals surface area contributed by atoms with Gasteiger partial charge in [-0.1, -0.05) is 6.07 Å².